The number of nitrogens with one attached hydrogen (secondary N) is 1. The van der Waals surface area contributed by atoms with E-state index in [1.807, 2.05) is 6.92 Å². The number of alkyl halides is 3. The topological polar surface area (TPSA) is 104 Å². The lowest BCUT2D eigenvalue weighted by Gasteiger charge is -2.17. The van der Waals surface area contributed by atoms with Crippen molar-refractivity contribution in [1.82, 2.24) is 30.2 Å². The first-order chi connectivity index (χ1) is 16.1. The summed E-state index contributed by atoms with van der Waals surface area (Å²) in [5.74, 6) is -0.331. The summed E-state index contributed by atoms with van der Waals surface area (Å²) in [5, 5.41) is 3.16. The number of hydrogen-bond donors (Lipinski definition) is 1. The van der Waals surface area contributed by atoms with Crippen LogP contribution in [0.3, 0.4) is 0 Å². The Hall–Kier alpha value is -3.61. The van der Waals surface area contributed by atoms with Crippen LogP contribution in [0.4, 0.5) is 23.1 Å². The second-order valence-corrected chi connectivity index (χ2v) is 8.63. The number of nitrogens with zero attached hydrogens (tertiary/aromatic N) is 6. The molecule has 1 aliphatic rings. The van der Waals surface area contributed by atoms with Gasteiger partial charge in [-0.25, -0.2) is 9.78 Å². The van der Waals surface area contributed by atoms with Crippen molar-refractivity contribution in [3.05, 3.63) is 63.9 Å². The van der Waals surface area contributed by atoms with Crippen LogP contribution in [0.2, 0.25) is 0 Å². The number of rotatable bonds is 6. The molecule has 0 spiro atoms. The number of anilines is 1. The highest BCUT2D eigenvalue weighted by atomic mass is 32.1. The molecule has 3 amide bonds. The maximum atomic E-state index is 12.9. The zero-order valence-corrected chi connectivity index (χ0v) is 19.1. The summed E-state index contributed by atoms with van der Waals surface area (Å²) in [5.41, 5.74) is 1.38. The van der Waals surface area contributed by atoms with Crippen molar-refractivity contribution in [2.24, 2.45) is 0 Å². The fourth-order valence-electron chi connectivity index (χ4n) is 3.28. The fraction of sp³-hybridized carbons (Fsp3) is 0.333. The van der Waals surface area contributed by atoms with Crippen LogP contribution in [-0.4, -0.2) is 49.9 Å². The predicted molar refractivity (Wildman–Crippen MR) is 117 cm³/mol. The number of carbonyl (C=O) groups is 2. The Morgan fingerprint density at radius 2 is 1.91 bits per heavy atom. The minimum absolute atomic E-state index is 0.121. The molecule has 1 fully saturated rings. The third kappa shape index (κ3) is 5.14. The highest BCUT2D eigenvalue weighted by Gasteiger charge is 2.34. The van der Waals surface area contributed by atoms with Crippen molar-refractivity contribution in [3.8, 4) is 0 Å². The van der Waals surface area contributed by atoms with Gasteiger partial charge in [0.05, 0.1) is 29.8 Å². The molecule has 4 rings (SSSR count). The van der Waals surface area contributed by atoms with Gasteiger partial charge < -0.3 is 10.2 Å². The van der Waals surface area contributed by atoms with E-state index in [4.69, 9.17) is 0 Å². The number of carbonyl (C=O) groups excluding carboxylic acids is 2. The lowest BCUT2D eigenvalue weighted by molar-refractivity contribution is -0.141. The first-order valence-electron chi connectivity index (χ1n) is 10.2. The van der Waals surface area contributed by atoms with Crippen LogP contribution in [0.15, 0.2) is 30.7 Å². The van der Waals surface area contributed by atoms with E-state index in [1.165, 1.54) is 15.9 Å². The van der Waals surface area contributed by atoms with E-state index in [2.05, 4.69) is 25.3 Å². The van der Waals surface area contributed by atoms with Crippen LogP contribution in [0.1, 0.15) is 38.0 Å². The molecule has 1 saturated heterocycles. The molecule has 0 radical (unpaired) electrons. The van der Waals surface area contributed by atoms with Crippen LogP contribution in [0, 0.1) is 13.8 Å². The molecule has 0 aromatic carbocycles. The number of halogens is 3. The largest absolute Gasteiger partial charge is 0.433 e. The Bertz CT molecular complexity index is 1200. The summed E-state index contributed by atoms with van der Waals surface area (Å²) < 4.78 is 38.1. The molecule has 13 heteroatoms. The standard InChI is InChI=1S/C21H20F3N7O2S/c1-12-7-26-15(9-25-12)10-28-18(32)17-13(2)29-19(34-17)31-6-5-30(20(31)33)11-14-3-4-16(27-8-14)21(22,23)24/h3-4,7-9H,5-6,10-11H2,1-2H3,(H,28,32). The Labute approximate surface area is 196 Å². The molecule has 3 aromatic rings. The number of urea groups is 1. The minimum Gasteiger partial charge on any atom is -0.346 e. The van der Waals surface area contributed by atoms with E-state index in [9.17, 15) is 22.8 Å². The normalized spacial score (nSPS) is 14.1. The van der Waals surface area contributed by atoms with Gasteiger partial charge in [0.25, 0.3) is 5.91 Å². The first-order valence-corrected chi connectivity index (χ1v) is 11.0. The maximum Gasteiger partial charge on any atom is 0.433 e. The molecule has 4 heterocycles. The molecule has 0 unspecified atom stereocenters. The molecule has 0 bridgehead atoms. The molecular weight excluding hydrogens is 471 g/mol. The monoisotopic (exact) mass is 491 g/mol. The van der Waals surface area contributed by atoms with E-state index in [0.29, 0.717) is 40.0 Å². The van der Waals surface area contributed by atoms with Crippen LogP contribution in [-0.2, 0) is 19.3 Å². The summed E-state index contributed by atoms with van der Waals surface area (Å²) in [4.78, 5) is 45.0. The number of aromatic nitrogens is 4. The highest BCUT2D eigenvalue weighted by Crippen LogP contribution is 2.30. The number of aryl methyl sites for hydroxylation is 2. The molecule has 1 aliphatic heterocycles. The van der Waals surface area contributed by atoms with Crippen molar-refractivity contribution in [3.63, 3.8) is 0 Å². The van der Waals surface area contributed by atoms with Crippen molar-refractivity contribution < 1.29 is 22.8 Å². The Balaban J connectivity index is 1.39. The molecule has 3 aromatic heterocycles. The van der Waals surface area contributed by atoms with Gasteiger partial charge in [-0.1, -0.05) is 17.4 Å². The smallest absolute Gasteiger partial charge is 0.346 e. The second-order valence-electron chi connectivity index (χ2n) is 7.65. The zero-order valence-electron chi connectivity index (χ0n) is 18.3. The van der Waals surface area contributed by atoms with Gasteiger partial charge in [0.2, 0.25) is 0 Å². The zero-order chi connectivity index (χ0) is 24.5. The molecule has 0 atom stereocenters. The first kappa shape index (κ1) is 23.5. The fourth-order valence-corrected chi connectivity index (χ4v) is 4.29. The maximum absolute atomic E-state index is 12.9. The van der Waals surface area contributed by atoms with Crippen molar-refractivity contribution >= 4 is 28.4 Å². The Morgan fingerprint density at radius 3 is 2.56 bits per heavy atom. The van der Waals surface area contributed by atoms with Gasteiger partial charge in [0, 0.05) is 32.0 Å². The summed E-state index contributed by atoms with van der Waals surface area (Å²) in [6, 6.07) is 1.86. The highest BCUT2D eigenvalue weighted by molar-refractivity contribution is 7.17. The van der Waals surface area contributed by atoms with E-state index >= 15 is 0 Å². The summed E-state index contributed by atoms with van der Waals surface area (Å²) in [7, 11) is 0. The molecule has 1 N–H and O–H groups in total. The van der Waals surface area contributed by atoms with Crippen molar-refractivity contribution in [2.75, 3.05) is 18.0 Å². The van der Waals surface area contributed by atoms with Crippen molar-refractivity contribution in [1.29, 1.82) is 0 Å². The number of thiazole rings is 1. The van der Waals surface area contributed by atoms with E-state index < -0.39 is 11.9 Å². The summed E-state index contributed by atoms with van der Waals surface area (Å²) >= 11 is 1.10. The molecule has 0 saturated carbocycles. The van der Waals surface area contributed by atoms with E-state index in [0.717, 1.165) is 29.3 Å². The SMILES string of the molecule is Cc1cnc(CNC(=O)c2sc(N3CCN(Cc4ccc(C(F)(F)F)nc4)C3=O)nc2C)cn1. The number of amides is 3. The summed E-state index contributed by atoms with van der Waals surface area (Å²) in [6.45, 7) is 4.55. The second kappa shape index (κ2) is 9.33. The van der Waals surface area contributed by atoms with E-state index in [-0.39, 0.29) is 25.0 Å². The molecule has 178 valence electrons. The Morgan fingerprint density at radius 1 is 1.12 bits per heavy atom. The van der Waals surface area contributed by atoms with Crippen LogP contribution in [0.5, 0.6) is 0 Å². The van der Waals surface area contributed by atoms with Crippen LogP contribution in [0.25, 0.3) is 0 Å². The average Bonchev–Trinajstić information content (AvgIpc) is 3.35. The average molecular weight is 491 g/mol. The van der Waals surface area contributed by atoms with Gasteiger partial charge in [0.15, 0.2) is 5.13 Å². The number of pyridine rings is 1. The van der Waals surface area contributed by atoms with Gasteiger partial charge in [-0.2, -0.15) is 13.2 Å². The van der Waals surface area contributed by atoms with Gasteiger partial charge in [-0.15, -0.1) is 0 Å². The third-order valence-electron chi connectivity index (χ3n) is 5.07. The van der Waals surface area contributed by atoms with Crippen molar-refractivity contribution in [2.45, 2.75) is 33.1 Å². The molecule has 9 nitrogen and oxygen atoms in total. The predicted octanol–water partition coefficient (Wildman–Crippen LogP) is 3.34. The van der Waals surface area contributed by atoms with Gasteiger partial charge >= 0.3 is 12.2 Å². The van der Waals surface area contributed by atoms with Crippen LogP contribution >= 0.6 is 11.3 Å². The molecule has 34 heavy (non-hydrogen) atoms. The van der Waals surface area contributed by atoms with Gasteiger partial charge in [-0.05, 0) is 25.5 Å². The quantitative estimate of drug-likeness (QED) is 0.567. The molecule has 0 aliphatic carbocycles. The van der Waals surface area contributed by atoms with Crippen LogP contribution < -0.4 is 10.2 Å². The number of hydrogen-bond acceptors (Lipinski definition) is 7. The summed E-state index contributed by atoms with van der Waals surface area (Å²) in [6.07, 6.45) is -0.195. The third-order valence-corrected chi connectivity index (χ3v) is 6.25. The lowest BCUT2D eigenvalue weighted by atomic mass is 10.2. The van der Waals surface area contributed by atoms with Gasteiger partial charge in [-0.3, -0.25) is 24.6 Å². The van der Waals surface area contributed by atoms with Gasteiger partial charge in [0.1, 0.15) is 10.6 Å². The minimum atomic E-state index is -4.51. The Kier molecular flexibility index (Phi) is 6.46. The molecular formula is C21H20F3N7O2S. The lowest BCUT2D eigenvalue weighted by Crippen LogP contribution is -2.31. The van der Waals surface area contributed by atoms with E-state index in [1.54, 1.807) is 19.3 Å².